The van der Waals surface area contributed by atoms with Gasteiger partial charge < -0.3 is 0 Å². The van der Waals surface area contributed by atoms with E-state index >= 15 is 0 Å². The normalized spacial score (nSPS) is 12.6. The number of hydrogen-bond acceptors (Lipinski definition) is 6. The highest BCUT2D eigenvalue weighted by Gasteiger charge is 2.14. The molecule has 0 radical (unpaired) electrons. The van der Waals surface area contributed by atoms with Crippen LogP contribution in [0.5, 0.6) is 0 Å². The molecule has 0 saturated heterocycles. The summed E-state index contributed by atoms with van der Waals surface area (Å²) in [6, 6.07) is 3.74. The van der Waals surface area contributed by atoms with Crippen molar-refractivity contribution in [3.05, 3.63) is 41.2 Å². The Hall–Kier alpha value is -1.37. The van der Waals surface area contributed by atoms with Crippen molar-refractivity contribution in [1.29, 1.82) is 0 Å². The molecule has 6 heteroatoms. The maximum absolute atomic E-state index is 5.47. The smallest absolute Gasteiger partial charge is 0.0849 e. The van der Waals surface area contributed by atoms with Gasteiger partial charge in [0.15, 0.2) is 0 Å². The van der Waals surface area contributed by atoms with Gasteiger partial charge >= 0.3 is 0 Å². The average molecular weight is 207 g/mol. The molecule has 1 unspecified atom stereocenters. The first kappa shape index (κ1) is 9.20. The molecule has 0 amide bonds. The molecule has 1 atom stereocenters. The maximum Gasteiger partial charge on any atom is 0.0849 e. The molecule has 0 aliphatic carbocycles. The number of rotatable bonds is 3. The minimum atomic E-state index is -0.0799. The number of nitrogens with two attached hydrogens (primary N) is 1. The lowest BCUT2D eigenvalue weighted by atomic mass is 10.1. The molecule has 0 spiro atoms. The molecule has 0 fully saturated rings. The molecule has 5 nitrogen and oxygen atoms in total. The van der Waals surface area contributed by atoms with E-state index < -0.39 is 0 Å². The first-order chi connectivity index (χ1) is 6.92. The highest BCUT2D eigenvalue weighted by atomic mass is 32.1. The second-order valence-corrected chi connectivity index (χ2v) is 3.52. The van der Waals surface area contributed by atoms with Gasteiger partial charge in [-0.1, -0.05) is 10.6 Å². The monoisotopic (exact) mass is 207 g/mol. The zero-order valence-electron chi connectivity index (χ0n) is 7.29. The summed E-state index contributed by atoms with van der Waals surface area (Å²) in [5.41, 5.74) is 3.71. The van der Waals surface area contributed by atoms with Crippen molar-refractivity contribution in [2.75, 3.05) is 0 Å². The third kappa shape index (κ3) is 1.77. The van der Waals surface area contributed by atoms with Gasteiger partial charge in [0.25, 0.3) is 0 Å². The van der Waals surface area contributed by atoms with Crippen LogP contribution in [0, 0.1) is 0 Å². The summed E-state index contributed by atoms with van der Waals surface area (Å²) in [5.74, 6) is 5.47. The number of nitrogens with zero attached hydrogens (tertiary/aromatic N) is 3. The fraction of sp³-hybridized carbons (Fsp3) is 0.125. The van der Waals surface area contributed by atoms with Crippen LogP contribution >= 0.6 is 11.5 Å². The van der Waals surface area contributed by atoms with E-state index in [0.29, 0.717) is 0 Å². The Kier molecular flexibility index (Phi) is 2.78. The van der Waals surface area contributed by atoms with E-state index in [4.69, 9.17) is 5.84 Å². The van der Waals surface area contributed by atoms with Crippen LogP contribution in [0.1, 0.15) is 16.5 Å². The summed E-state index contributed by atoms with van der Waals surface area (Å²) in [7, 11) is 0. The van der Waals surface area contributed by atoms with E-state index in [2.05, 4.69) is 20.0 Å². The molecular formula is C8H9N5S. The van der Waals surface area contributed by atoms with Gasteiger partial charge in [-0.15, -0.1) is 5.10 Å². The van der Waals surface area contributed by atoms with Crippen molar-refractivity contribution in [2.45, 2.75) is 6.04 Å². The Morgan fingerprint density at radius 3 is 2.93 bits per heavy atom. The predicted octanol–water partition coefficient (Wildman–Crippen LogP) is 0.486. The molecular weight excluding hydrogens is 198 g/mol. The average Bonchev–Trinajstić information content (AvgIpc) is 2.74. The van der Waals surface area contributed by atoms with E-state index in [1.165, 1.54) is 11.5 Å². The van der Waals surface area contributed by atoms with Crippen molar-refractivity contribution in [3.8, 4) is 0 Å². The molecule has 72 valence electrons. The summed E-state index contributed by atoms with van der Waals surface area (Å²) in [4.78, 5) is 5.00. The number of nitrogens with one attached hydrogen (secondary N) is 1. The van der Waals surface area contributed by atoms with Gasteiger partial charge in [-0.05, 0) is 23.2 Å². The molecule has 0 bridgehead atoms. The zero-order valence-corrected chi connectivity index (χ0v) is 8.11. The fourth-order valence-electron chi connectivity index (χ4n) is 1.19. The van der Waals surface area contributed by atoms with Crippen LogP contribution in [0.25, 0.3) is 0 Å². The lowest BCUT2D eigenvalue weighted by molar-refractivity contribution is 0.643. The quantitative estimate of drug-likeness (QED) is 0.565. The van der Waals surface area contributed by atoms with Gasteiger partial charge in [0, 0.05) is 12.4 Å². The highest BCUT2D eigenvalue weighted by Crippen LogP contribution is 2.21. The Balaban J connectivity index is 2.31. The lowest BCUT2D eigenvalue weighted by Gasteiger charge is -2.12. The van der Waals surface area contributed by atoms with Gasteiger partial charge in [0.05, 0.1) is 17.1 Å². The van der Waals surface area contributed by atoms with Gasteiger partial charge in [0.1, 0.15) is 0 Å². The molecule has 0 aliphatic rings. The molecule has 0 aromatic carbocycles. The van der Waals surface area contributed by atoms with Crippen LogP contribution in [0.15, 0.2) is 30.7 Å². The Bertz CT molecular complexity index is 374. The zero-order chi connectivity index (χ0) is 9.80. The molecule has 2 aromatic heterocycles. The van der Waals surface area contributed by atoms with Crippen molar-refractivity contribution < 1.29 is 0 Å². The number of hydrogen-bond donors (Lipinski definition) is 2. The first-order valence-electron chi connectivity index (χ1n) is 4.05. The maximum atomic E-state index is 5.47. The minimum absolute atomic E-state index is 0.0799. The largest absolute Gasteiger partial charge is 0.271 e. The fourth-order valence-corrected chi connectivity index (χ4v) is 1.78. The summed E-state index contributed by atoms with van der Waals surface area (Å²) in [5, 5.41) is 3.77. The van der Waals surface area contributed by atoms with E-state index in [0.717, 1.165) is 10.4 Å². The second kappa shape index (κ2) is 4.23. The molecule has 2 heterocycles. The summed E-state index contributed by atoms with van der Waals surface area (Å²) < 4.78 is 3.79. The Morgan fingerprint density at radius 2 is 2.36 bits per heavy atom. The molecule has 3 N–H and O–H groups in total. The van der Waals surface area contributed by atoms with Crippen LogP contribution in [0.2, 0.25) is 0 Å². The Morgan fingerprint density at radius 1 is 1.43 bits per heavy atom. The van der Waals surface area contributed by atoms with Gasteiger partial charge in [-0.25, -0.2) is 5.43 Å². The third-order valence-corrected chi connectivity index (χ3v) is 2.58. The highest BCUT2D eigenvalue weighted by molar-refractivity contribution is 7.05. The second-order valence-electron chi connectivity index (χ2n) is 2.71. The van der Waals surface area contributed by atoms with Gasteiger partial charge in [-0.3, -0.25) is 10.8 Å². The van der Waals surface area contributed by atoms with Crippen LogP contribution in [-0.2, 0) is 0 Å². The van der Waals surface area contributed by atoms with Gasteiger partial charge in [0.2, 0.25) is 0 Å². The third-order valence-electron chi connectivity index (χ3n) is 1.85. The van der Waals surface area contributed by atoms with E-state index in [1.54, 1.807) is 18.6 Å². The molecule has 0 aliphatic heterocycles. The van der Waals surface area contributed by atoms with Crippen molar-refractivity contribution in [3.63, 3.8) is 0 Å². The lowest BCUT2D eigenvalue weighted by Crippen LogP contribution is -2.28. The van der Waals surface area contributed by atoms with E-state index in [-0.39, 0.29) is 6.04 Å². The summed E-state index contributed by atoms with van der Waals surface area (Å²) >= 11 is 1.32. The molecule has 14 heavy (non-hydrogen) atoms. The summed E-state index contributed by atoms with van der Waals surface area (Å²) in [6.07, 6.45) is 5.19. The first-order valence-corrected chi connectivity index (χ1v) is 4.82. The standard InChI is InChI=1S/C8H9N5S/c9-12-8(7-5-11-13-14-7)6-2-1-3-10-4-6/h1-5,8,12H,9H2. The number of pyridine rings is 1. The number of aromatic nitrogens is 3. The topological polar surface area (TPSA) is 76.7 Å². The van der Waals surface area contributed by atoms with Crippen LogP contribution in [-0.4, -0.2) is 14.6 Å². The van der Waals surface area contributed by atoms with Crippen LogP contribution in [0.3, 0.4) is 0 Å². The molecule has 2 aromatic rings. The van der Waals surface area contributed by atoms with E-state index in [1.807, 2.05) is 12.1 Å². The van der Waals surface area contributed by atoms with Crippen molar-refractivity contribution >= 4 is 11.5 Å². The number of hydrazine groups is 1. The van der Waals surface area contributed by atoms with E-state index in [9.17, 15) is 0 Å². The predicted molar refractivity (Wildman–Crippen MR) is 53.3 cm³/mol. The summed E-state index contributed by atoms with van der Waals surface area (Å²) in [6.45, 7) is 0. The van der Waals surface area contributed by atoms with Crippen LogP contribution in [0.4, 0.5) is 0 Å². The SMILES string of the molecule is NNC(c1cccnc1)c1cnns1. The molecule has 0 saturated carbocycles. The van der Waals surface area contributed by atoms with Crippen LogP contribution < -0.4 is 11.3 Å². The van der Waals surface area contributed by atoms with Crippen molar-refractivity contribution in [2.24, 2.45) is 5.84 Å². The molecule has 2 rings (SSSR count). The van der Waals surface area contributed by atoms with Crippen molar-refractivity contribution in [1.82, 2.24) is 20.0 Å². The van der Waals surface area contributed by atoms with Gasteiger partial charge in [-0.2, -0.15) is 0 Å². The Labute approximate surface area is 85.1 Å². The minimum Gasteiger partial charge on any atom is -0.271 e.